The van der Waals surface area contributed by atoms with Crippen LogP contribution in [0.4, 0.5) is 0 Å². The van der Waals surface area contributed by atoms with Gasteiger partial charge in [0.2, 0.25) is 0 Å². The zero-order valence-corrected chi connectivity index (χ0v) is 17.3. The van der Waals surface area contributed by atoms with Crippen LogP contribution < -0.4 is 10.1 Å². The van der Waals surface area contributed by atoms with Gasteiger partial charge in [-0.25, -0.2) is 8.42 Å². The van der Waals surface area contributed by atoms with E-state index >= 15 is 0 Å². The van der Waals surface area contributed by atoms with Crippen LogP contribution >= 0.6 is 15.9 Å². The molecule has 0 spiro atoms. The van der Waals surface area contributed by atoms with Crippen molar-refractivity contribution in [1.29, 1.82) is 0 Å². The largest absolute Gasteiger partial charge is 0.484 e. The molecule has 5 nitrogen and oxygen atoms in total. The summed E-state index contributed by atoms with van der Waals surface area (Å²) in [6, 6.07) is 18.1. The van der Waals surface area contributed by atoms with Crippen LogP contribution in [0.2, 0.25) is 0 Å². The normalized spacial score (nSPS) is 17.7. The first-order chi connectivity index (χ1) is 13.4. The highest BCUT2D eigenvalue weighted by molar-refractivity contribution is 9.10. The highest BCUT2D eigenvalue weighted by Gasteiger charge is 2.30. The van der Waals surface area contributed by atoms with Crippen LogP contribution in [0.1, 0.15) is 18.0 Å². The molecular weight excluding hydrogens is 442 g/mol. The lowest BCUT2D eigenvalue weighted by Gasteiger charge is -2.26. The summed E-state index contributed by atoms with van der Waals surface area (Å²) in [6.07, 6.45) is 0.357. The predicted molar refractivity (Wildman–Crippen MR) is 111 cm³/mol. The average Bonchev–Trinajstić information content (AvgIpc) is 2.69. The van der Waals surface area contributed by atoms with Gasteiger partial charge in [0.05, 0.1) is 16.7 Å². The third-order valence-corrected chi connectivity index (χ3v) is 7.09. The molecule has 1 aliphatic heterocycles. The lowest BCUT2D eigenvalue weighted by atomic mass is 10.0. The Bertz CT molecular complexity index is 1160. The molecule has 0 fully saturated rings. The Morgan fingerprint density at radius 3 is 2.68 bits per heavy atom. The maximum Gasteiger partial charge on any atom is 0.258 e. The van der Waals surface area contributed by atoms with Gasteiger partial charge < -0.3 is 10.1 Å². The zero-order chi connectivity index (χ0) is 19.7. The molecule has 0 aliphatic carbocycles. The summed E-state index contributed by atoms with van der Waals surface area (Å²) >= 11 is 3.44. The van der Waals surface area contributed by atoms with Gasteiger partial charge >= 0.3 is 0 Å². The number of fused-ring (bicyclic) bond motifs is 2. The number of hydrogen-bond acceptors (Lipinski definition) is 4. The summed E-state index contributed by atoms with van der Waals surface area (Å²) in [5.41, 5.74) is 0.637. The fourth-order valence-corrected chi connectivity index (χ4v) is 5.41. The number of carbonyl (C=O) groups excluding carboxylic acids is 1. The Morgan fingerprint density at radius 2 is 1.82 bits per heavy atom. The van der Waals surface area contributed by atoms with Crippen LogP contribution in [0.25, 0.3) is 10.8 Å². The number of nitrogens with one attached hydrogen (secondary N) is 1. The minimum absolute atomic E-state index is 0.0239. The highest BCUT2D eigenvalue weighted by atomic mass is 79.9. The van der Waals surface area contributed by atoms with Crippen molar-refractivity contribution in [2.75, 3.05) is 12.4 Å². The average molecular weight is 460 g/mol. The van der Waals surface area contributed by atoms with Crippen molar-refractivity contribution in [1.82, 2.24) is 5.32 Å². The van der Waals surface area contributed by atoms with Crippen molar-refractivity contribution in [2.45, 2.75) is 17.4 Å². The second kappa shape index (κ2) is 7.56. The van der Waals surface area contributed by atoms with Crippen molar-refractivity contribution in [3.05, 3.63) is 70.7 Å². The van der Waals surface area contributed by atoms with Crippen molar-refractivity contribution in [3.8, 4) is 5.75 Å². The molecule has 7 heteroatoms. The molecule has 3 aromatic carbocycles. The number of carbonyl (C=O) groups is 1. The van der Waals surface area contributed by atoms with Crippen LogP contribution in [0, 0.1) is 0 Å². The maximum atomic E-state index is 12.4. The van der Waals surface area contributed by atoms with E-state index in [0.717, 1.165) is 15.2 Å². The highest BCUT2D eigenvalue weighted by Crippen LogP contribution is 2.31. The van der Waals surface area contributed by atoms with Crippen LogP contribution in [0.3, 0.4) is 0 Å². The molecule has 1 unspecified atom stereocenters. The Labute approximate surface area is 171 Å². The molecule has 1 N–H and O–H groups in total. The van der Waals surface area contributed by atoms with Crippen molar-refractivity contribution in [3.63, 3.8) is 0 Å². The first-order valence-electron chi connectivity index (χ1n) is 8.85. The van der Waals surface area contributed by atoms with E-state index < -0.39 is 9.84 Å². The van der Waals surface area contributed by atoms with Crippen LogP contribution in [-0.4, -0.2) is 26.7 Å². The predicted octanol–water partition coefficient (Wildman–Crippen LogP) is 4.02. The molecule has 0 saturated carbocycles. The lowest BCUT2D eigenvalue weighted by molar-refractivity contribution is -0.123. The van der Waals surface area contributed by atoms with E-state index in [1.807, 2.05) is 36.4 Å². The summed E-state index contributed by atoms with van der Waals surface area (Å²) in [4.78, 5) is 12.7. The van der Waals surface area contributed by atoms with Crippen LogP contribution in [-0.2, 0) is 14.6 Å². The van der Waals surface area contributed by atoms with E-state index in [4.69, 9.17) is 4.74 Å². The summed E-state index contributed by atoms with van der Waals surface area (Å²) in [6.45, 7) is -0.131. The Kier molecular flexibility index (Phi) is 5.12. The zero-order valence-electron chi connectivity index (χ0n) is 14.9. The standard InChI is InChI=1S/C21H18BrNO4S/c22-16-7-5-15-12-17(8-6-14(15)11-16)27-13-21(24)23-19-9-10-28(25,26)20-4-2-1-3-18(19)20/h1-8,11-12,19H,9-10,13H2,(H,23,24). The molecule has 1 heterocycles. The van der Waals surface area contributed by atoms with Crippen LogP contribution in [0.5, 0.6) is 5.75 Å². The van der Waals surface area contributed by atoms with E-state index in [9.17, 15) is 13.2 Å². The number of ether oxygens (including phenoxy) is 1. The molecule has 0 bridgehead atoms. The number of benzene rings is 3. The van der Waals surface area contributed by atoms with Crippen molar-refractivity contribution < 1.29 is 17.9 Å². The van der Waals surface area contributed by atoms with E-state index in [1.165, 1.54) is 0 Å². The van der Waals surface area contributed by atoms with Gasteiger partial charge in [0.15, 0.2) is 16.4 Å². The molecule has 1 amide bonds. The van der Waals surface area contributed by atoms with E-state index in [0.29, 0.717) is 22.6 Å². The van der Waals surface area contributed by atoms with E-state index in [-0.39, 0.29) is 24.3 Å². The lowest BCUT2D eigenvalue weighted by Crippen LogP contribution is -2.36. The number of hydrogen-bond donors (Lipinski definition) is 1. The summed E-state index contributed by atoms with van der Waals surface area (Å²) < 4.78 is 31.0. The summed E-state index contributed by atoms with van der Waals surface area (Å²) in [7, 11) is -3.28. The molecule has 1 atom stereocenters. The molecule has 1 aliphatic rings. The van der Waals surface area contributed by atoms with Crippen molar-refractivity contribution in [2.24, 2.45) is 0 Å². The molecule has 0 aromatic heterocycles. The van der Waals surface area contributed by atoms with Gasteiger partial charge in [-0.05, 0) is 53.1 Å². The summed E-state index contributed by atoms with van der Waals surface area (Å²) in [5.74, 6) is 0.349. The third kappa shape index (κ3) is 3.91. The maximum absolute atomic E-state index is 12.4. The second-order valence-electron chi connectivity index (χ2n) is 6.71. The van der Waals surface area contributed by atoms with Gasteiger partial charge in [0.1, 0.15) is 5.75 Å². The van der Waals surface area contributed by atoms with E-state index in [1.54, 1.807) is 24.3 Å². The molecule has 0 radical (unpaired) electrons. The van der Waals surface area contributed by atoms with Gasteiger partial charge in [0.25, 0.3) is 5.91 Å². The molecular formula is C21H18BrNO4S. The second-order valence-corrected chi connectivity index (χ2v) is 9.70. The number of amides is 1. The molecule has 3 aromatic rings. The number of halogens is 1. The fourth-order valence-electron chi connectivity index (χ4n) is 3.41. The molecule has 28 heavy (non-hydrogen) atoms. The van der Waals surface area contributed by atoms with Gasteiger partial charge in [-0.15, -0.1) is 0 Å². The van der Waals surface area contributed by atoms with Gasteiger partial charge in [-0.2, -0.15) is 0 Å². The monoisotopic (exact) mass is 459 g/mol. The molecule has 0 saturated heterocycles. The van der Waals surface area contributed by atoms with Crippen LogP contribution in [0.15, 0.2) is 70.0 Å². The number of rotatable bonds is 4. The van der Waals surface area contributed by atoms with Gasteiger partial charge in [-0.3, -0.25) is 4.79 Å². The topological polar surface area (TPSA) is 72.5 Å². The third-order valence-electron chi connectivity index (χ3n) is 4.78. The first kappa shape index (κ1) is 19.0. The van der Waals surface area contributed by atoms with E-state index in [2.05, 4.69) is 21.2 Å². The van der Waals surface area contributed by atoms with Gasteiger partial charge in [-0.1, -0.05) is 46.3 Å². The quantitative estimate of drug-likeness (QED) is 0.639. The minimum atomic E-state index is -3.28. The minimum Gasteiger partial charge on any atom is -0.484 e. The first-order valence-corrected chi connectivity index (χ1v) is 11.3. The Balaban J connectivity index is 1.43. The Morgan fingerprint density at radius 1 is 1.07 bits per heavy atom. The Hall–Kier alpha value is -2.38. The fraction of sp³-hybridized carbons (Fsp3) is 0.190. The SMILES string of the molecule is O=C(COc1ccc2cc(Br)ccc2c1)NC1CCS(=O)(=O)c2ccccc21. The number of sulfone groups is 1. The molecule has 144 valence electrons. The van der Waals surface area contributed by atoms with Gasteiger partial charge in [0, 0.05) is 4.47 Å². The molecule has 4 rings (SSSR count). The van der Waals surface area contributed by atoms with Crippen molar-refractivity contribution >= 4 is 42.4 Å². The smallest absolute Gasteiger partial charge is 0.258 e. The summed E-state index contributed by atoms with van der Waals surface area (Å²) in [5, 5.41) is 4.99.